The highest BCUT2D eigenvalue weighted by Gasteiger charge is 2.28. The Balaban J connectivity index is 0.811. The maximum Gasteiger partial charge on any atom is 0.147 e. The van der Waals surface area contributed by atoms with Crippen LogP contribution in [-0.4, -0.2) is 27.7 Å². The number of benzene rings is 10. The molecule has 0 fully saturated rings. The summed E-state index contributed by atoms with van der Waals surface area (Å²) in [7, 11) is 2.14. The van der Waals surface area contributed by atoms with Crippen molar-refractivity contribution in [3.05, 3.63) is 276 Å². The van der Waals surface area contributed by atoms with Gasteiger partial charge in [-0.1, -0.05) is 170 Å². The van der Waals surface area contributed by atoms with Crippen molar-refractivity contribution in [2.75, 3.05) is 11.9 Å². The molecule has 0 spiro atoms. The largest absolute Gasteiger partial charge is 0.359 e. The van der Waals surface area contributed by atoms with Crippen LogP contribution in [0.1, 0.15) is 45.6 Å². The molecule has 0 amide bonds. The number of rotatable bonds is 7. The van der Waals surface area contributed by atoms with Crippen LogP contribution in [0.25, 0.3) is 66.1 Å². The van der Waals surface area contributed by atoms with Crippen molar-refractivity contribution < 1.29 is 0 Å². The lowest BCUT2D eigenvalue weighted by molar-refractivity contribution is 0.699. The fraction of sp³-hybridized carbons (Fsp3) is 0.0462. The lowest BCUT2D eigenvalue weighted by atomic mass is 9.94. The van der Waals surface area contributed by atoms with Crippen LogP contribution in [0, 0.1) is 0 Å². The Bertz CT molecular complexity index is 4090. The van der Waals surface area contributed by atoms with E-state index < -0.39 is 0 Å². The number of amidine groups is 1. The summed E-state index contributed by atoms with van der Waals surface area (Å²) < 4.78 is 4.80. The quantitative estimate of drug-likeness (QED) is 0.173. The van der Waals surface area contributed by atoms with E-state index in [9.17, 15) is 0 Å². The predicted molar refractivity (Wildman–Crippen MR) is 294 cm³/mol. The zero-order valence-electron chi connectivity index (χ0n) is 39.0. The third-order valence-corrected chi connectivity index (χ3v) is 14.6. The van der Waals surface area contributed by atoms with E-state index in [0.717, 1.165) is 45.3 Å². The fourth-order valence-electron chi connectivity index (χ4n) is 11.2. The van der Waals surface area contributed by atoms with Gasteiger partial charge in [0, 0.05) is 67.9 Å². The molecule has 0 bridgehead atoms. The van der Waals surface area contributed by atoms with Gasteiger partial charge in [-0.05, 0) is 95.1 Å². The molecule has 0 saturated heterocycles. The third-order valence-electron chi connectivity index (χ3n) is 14.6. The van der Waals surface area contributed by atoms with Crippen LogP contribution in [0.3, 0.4) is 0 Å². The van der Waals surface area contributed by atoms with E-state index in [1.807, 2.05) is 6.07 Å². The van der Waals surface area contributed by atoms with E-state index in [1.165, 1.54) is 77.1 Å². The lowest BCUT2D eigenvalue weighted by Gasteiger charge is -2.34. The molecule has 6 nitrogen and oxygen atoms in total. The molecule has 2 unspecified atom stereocenters. The molecule has 2 aliphatic heterocycles. The van der Waals surface area contributed by atoms with Gasteiger partial charge < -0.3 is 19.4 Å². The summed E-state index contributed by atoms with van der Waals surface area (Å²) in [6.45, 7) is 0. The molecular weight excluding hydrogens is 865 g/mol. The minimum absolute atomic E-state index is 0.0300. The second-order valence-corrected chi connectivity index (χ2v) is 18.7. The summed E-state index contributed by atoms with van der Waals surface area (Å²) in [5, 5.41) is 8.67. The first kappa shape index (κ1) is 40.8. The normalized spacial score (nSPS) is 15.4. The Kier molecular flexibility index (Phi) is 9.46. The lowest BCUT2D eigenvalue weighted by Crippen LogP contribution is -2.32. The third kappa shape index (κ3) is 6.71. The van der Waals surface area contributed by atoms with E-state index in [0.29, 0.717) is 0 Å². The molecule has 71 heavy (non-hydrogen) atoms. The molecular formula is C65H46N6. The zero-order valence-corrected chi connectivity index (χ0v) is 39.0. The topological polar surface area (TPSA) is 49.8 Å². The van der Waals surface area contributed by atoms with E-state index in [-0.39, 0.29) is 12.2 Å². The van der Waals surface area contributed by atoms with Crippen LogP contribution in [0.2, 0.25) is 0 Å². The average molecular weight is 911 g/mol. The summed E-state index contributed by atoms with van der Waals surface area (Å²) in [5.74, 6) is 0.885. The maximum absolute atomic E-state index is 5.39. The van der Waals surface area contributed by atoms with Gasteiger partial charge in [0.05, 0.1) is 39.5 Å². The summed E-state index contributed by atoms with van der Waals surface area (Å²) in [4.78, 5) is 12.7. The average Bonchev–Trinajstić information content (AvgIpc) is 3.96. The maximum atomic E-state index is 5.39. The van der Waals surface area contributed by atoms with Gasteiger partial charge in [-0.25, -0.2) is 4.99 Å². The van der Waals surface area contributed by atoms with Crippen LogP contribution < -0.4 is 10.2 Å². The van der Waals surface area contributed by atoms with Gasteiger partial charge in [0.2, 0.25) is 0 Å². The highest BCUT2D eigenvalue weighted by Crippen LogP contribution is 2.41. The molecule has 0 saturated carbocycles. The first-order chi connectivity index (χ1) is 35.1. The number of hydrogen-bond donors (Lipinski definition) is 1. The van der Waals surface area contributed by atoms with Crippen LogP contribution in [-0.2, 0) is 0 Å². The van der Waals surface area contributed by atoms with Crippen molar-refractivity contribution in [2.24, 2.45) is 9.98 Å². The van der Waals surface area contributed by atoms with Crippen molar-refractivity contribution in [3.8, 4) is 22.5 Å². The van der Waals surface area contributed by atoms with Gasteiger partial charge in [0.25, 0.3) is 0 Å². The SMILES string of the molecule is CN1c2ccccc2C(c2ccc(-n3c4ccccc4c4cc(-c5ccc6c(c5)c5ccccc5n6-c5ccc(C6NC(c7ccccc7)=Nc7ccccc76)cc5)ccc43)cc2)=NC1c1ccccc1. The number of anilines is 1. The summed E-state index contributed by atoms with van der Waals surface area (Å²) in [6.07, 6.45) is -0.112. The Morgan fingerprint density at radius 1 is 0.408 bits per heavy atom. The zero-order chi connectivity index (χ0) is 47.0. The van der Waals surface area contributed by atoms with Gasteiger partial charge in [-0.3, -0.25) is 4.99 Å². The molecule has 10 aromatic carbocycles. The number of aromatic nitrogens is 2. The molecule has 0 radical (unpaired) electrons. The molecule has 12 aromatic rings. The first-order valence-corrected chi connectivity index (χ1v) is 24.4. The number of fused-ring (bicyclic) bond motifs is 8. The molecule has 4 heterocycles. The van der Waals surface area contributed by atoms with Gasteiger partial charge in [-0.2, -0.15) is 0 Å². The van der Waals surface area contributed by atoms with Crippen LogP contribution >= 0.6 is 0 Å². The smallest absolute Gasteiger partial charge is 0.147 e. The Labute approximate surface area is 411 Å². The Hall–Kier alpha value is -9.26. The summed E-state index contributed by atoms with van der Waals surface area (Å²) in [6, 6.07) is 87.4. The van der Waals surface area contributed by atoms with E-state index >= 15 is 0 Å². The van der Waals surface area contributed by atoms with Crippen molar-refractivity contribution >= 4 is 66.5 Å². The highest BCUT2D eigenvalue weighted by molar-refractivity contribution is 6.17. The molecule has 336 valence electrons. The van der Waals surface area contributed by atoms with Gasteiger partial charge >= 0.3 is 0 Å². The molecule has 2 aromatic heterocycles. The number of hydrogen-bond acceptors (Lipinski definition) is 4. The minimum Gasteiger partial charge on any atom is -0.359 e. The Morgan fingerprint density at radius 2 is 0.930 bits per heavy atom. The monoisotopic (exact) mass is 910 g/mol. The molecule has 2 atom stereocenters. The van der Waals surface area contributed by atoms with E-state index in [2.05, 4.69) is 263 Å². The standard InChI is InChI=1S/C65H46N6/c1-69-57-25-13-11-23-53(57)63(68-65(69)45-18-6-3-7-19-45)43-30-36-49(37-31-43)71-59-27-15-10-21-51(59)55-41-47(33-39-61(55)71)46-32-38-60-54(40-46)50-20-9-14-26-58(50)70(60)48-34-28-42(29-35-48)62-52-22-8-12-24-56(52)66-64(67-62)44-16-4-2-5-17-44/h2-41,62,65H,1H3,(H,66,67). The highest BCUT2D eigenvalue weighted by atomic mass is 15.2. The summed E-state index contributed by atoms with van der Waals surface area (Å²) >= 11 is 0. The van der Waals surface area contributed by atoms with E-state index in [4.69, 9.17) is 9.98 Å². The second-order valence-electron chi connectivity index (χ2n) is 18.7. The van der Waals surface area contributed by atoms with Crippen molar-refractivity contribution in [3.63, 3.8) is 0 Å². The van der Waals surface area contributed by atoms with Crippen LogP contribution in [0.15, 0.2) is 253 Å². The van der Waals surface area contributed by atoms with Gasteiger partial charge in [-0.15, -0.1) is 0 Å². The molecule has 1 N–H and O–H groups in total. The number of nitrogens with zero attached hydrogens (tertiary/aromatic N) is 5. The summed E-state index contributed by atoms with van der Waals surface area (Å²) in [5.41, 5.74) is 19.3. The van der Waals surface area contributed by atoms with Gasteiger partial charge in [0.15, 0.2) is 0 Å². The molecule has 14 rings (SSSR count). The molecule has 6 heteroatoms. The van der Waals surface area contributed by atoms with Crippen LogP contribution in [0.4, 0.5) is 11.4 Å². The number of nitrogens with one attached hydrogen (secondary N) is 1. The predicted octanol–water partition coefficient (Wildman–Crippen LogP) is 15.3. The molecule has 2 aliphatic rings. The van der Waals surface area contributed by atoms with Crippen molar-refractivity contribution in [1.82, 2.24) is 14.5 Å². The van der Waals surface area contributed by atoms with E-state index in [1.54, 1.807) is 0 Å². The Morgan fingerprint density at radius 3 is 1.59 bits per heavy atom. The molecule has 0 aliphatic carbocycles. The minimum atomic E-state index is -0.112. The number of para-hydroxylation sites is 4. The van der Waals surface area contributed by atoms with Crippen molar-refractivity contribution in [2.45, 2.75) is 12.2 Å². The van der Waals surface area contributed by atoms with Gasteiger partial charge in [0.1, 0.15) is 12.0 Å². The number of aliphatic imine (C=N–C) groups is 2. The van der Waals surface area contributed by atoms with Crippen LogP contribution in [0.5, 0.6) is 0 Å². The van der Waals surface area contributed by atoms with Crippen molar-refractivity contribution in [1.29, 1.82) is 0 Å². The second kappa shape index (κ2) is 16.5. The first-order valence-electron chi connectivity index (χ1n) is 24.4. The fourth-order valence-corrected chi connectivity index (χ4v) is 11.2.